The Labute approximate surface area is 94.2 Å². The first-order valence-electron chi connectivity index (χ1n) is 6.43. The fraction of sp³-hybridized carbons (Fsp3) is 1.00. The fourth-order valence-corrected chi connectivity index (χ4v) is 2.32. The second kappa shape index (κ2) is 5.86. The van der Waals surface area contributed by atoms with Crippen LogP contribution in [0.15, 0.2) is 0 Å². The molecule has 0 heterocycles. The first-order valence-corrected chi connectivity index (χ1v) is 6.43. The number of rotatable bonds is 8. The zero-order valence-electron chi connectivity index (χ0n) is 10.3. The van der Waals surface area contributed by atoms with Crippen molar-refractivity contribution in [2.75, 3.05) is 13.2 Å². The molecular formula is C13H27NO. The van der Waals surface area contributed by atoms with E-state index in [1.165, 1.54) is 25.7 Å². The van der Waals surface area contributed by atoms with Gasteiger partial charge in [-0.15, -0.1) is 0 Å². The van der Waals surface area contributed by atoms with Crippen LogP contribution in [0.3, 0.4) is 0 Å². The lowest BCUT2D eigenvalue weighted by molar-refractivity contribution is 0.102. The number of hydrogen-bond donors (Lipinski definition) is 2. The molecule has 15 heavy (non-hydrogen) atoms. The highest BCUT2D eigenvalue weighted by Crippen LogP contribution is 2.42. The molecule has 3 N–H and O–H groups in total. The van der Waals surface area contributed by atoms with Gasteiger partial charge in [-0.2, -0.15) is 0 Å². The van der Waals surface area contributed by atoms with Gasteiger partial charge in [0.2, 0.25) is 0 Å². The lowest BCUT2D eigenvalue weighted by atomic mass is 9.78. The van der Waals surface area contributed by atoms with Crippen molar-refractivity contribution in [3.63, 3.8) is 0 Å². The molecule has 1 aliphatic rings. The molecule has 0 saturated heterocycles. The van der Waals surface area contributed by atoms with Gasteiger partial charge in [0.1, 0.15) is 0 Å². The largest absolute Gasteiger partial charge is 0.396 e. The van der Waals surface area contributed by atoms with Gasteiger partial charge in [0, 0.05) is 18.6 Å². The second-order valence-electron chi connectivity index (χ2n) is 5.80. The third-order valence-corrected chi connectivity index (χ3v) is 3.68. The van der Waals surface area contributed by atoms with E-state index in [0.717, 1.165) is 24.7 Å². The highest BCUT2D eigenvalue weighted by molar-refractivity contribution is 4.87. The maximum atomic E-state index is 9.54. The van der Waals surface area contributed by atoms with Gasteiger partial charge in [-0.05, 0) is 24.7 Å². The lowest BCUT2D eigenvalue weighted by Gasteiger charge is -2.31. The Morgan fingerprint density at radius 3 is 2.47 bits per heavy atom. The van der Waals surface area contributed by atoms with Crippen molar-refractivity contribution >= 4 is 0 Å². The SMILES string of the molecule is CC(C)CCCC(CN)(CO)CC1CC1. The Kier molecular flexibility index (Phi) is 5.07. The van der Waals surface area contributed by atoms with Crippen molar-refractivity contribution in [2.24, 2.45) is 23.0 Å². The molecule has 0 aromatic heterocycles. The van der Waals surface area contributed by atoms with Gasteiger partial charge in [-0.25, -0.2) is 0 Å². The smallest absolute Gasteiger partial charge is 0.0499 e. The van der Waals surface area contributed by atoms with Gasteiger partial charge < -0.3 is 10.8 Å². The van der Waals surface area contributed by atoms with Crippen LogP contribution < -0.4 is 5.73 Å². The summed E-state index contributed by atoms with van der Waals surface area (Å²) < 4.78 is 0. The Morgan fingerprint density at radius 2 is 2.07 bits per heavy atom. The van der Waals surface area contributed by atoms with Crippen LogP contribution in [0.4, 0.5) is 0 Å². The number of aliphatic hydroxyl groups excluding tert-OH is 1. The third-order valence-electron chi connectivity index (χ3n) is 3.68. The molecule has 2 nitrogen and oxygen atoms in total. The molecule has 0 bridgehead atoms. The minimum absolute atomic E-state index is 0.0378. The van der Waals surface area contributed by atoms with Crippen LogP contribution in [-0.2, 0) is 0 Å². The molecule has 0 amide bonds. The van der Waals surface area contributed by atoms with Crippen LogP contribution in [-0.4, -0.2) is 18.3 Å². The summed E-state index contributed by atoms with van der Waals surface area (Å²) in [5, 5.41) is 9.54. The van der Waals surface area contributed by atoms with Gasteiger partial charge in [-0.3, -0.25) is 0 Å². The molecule has 1 saturated carbocycles. The minimum Gasteiger partial charge on any atom is -0.396 e. The normalized spacial score (nSPS) is 20.6. The Bertz CT molecular complexity index is 171. The van der Waals surface area contributed by atoms with E-state index in [4.69, 9.17) is 5.73 Å². The van der Waals surface area contributed by atoms with Crippen molar-refractivity contribution in [1.82, 2.24) is 0 Å². The Hall–Kier alpha value is -0.0800. The fourth-order valence-electron chi connectivity index (χ4n) is 2.32. The first-order chi connectivity index (χ1) is 7.12. The van der Waals surface area contributed by atoms with Crippen LogP contribution in [0.25, 0.3) is 0 Å². The predicted molar refractivity (Wildman–Crippen MR) is 64.6 cm³/mol. The molecule has 1 atom stereocenters. The van der Waals surface area contributed by atoms with Crippen LogP contribution >= 0.6 is 0 Å². The number of aliphatic hydroxyl groups is 1. The van der Waals surface area contributed by atoms with Gasteiger partial charge in [0.15, 0.2) is 0 Å². The minimum atomic E-state index is 0.0378. The molecule has 2 heteroatoms. The molecule has 0 aromatic rings. The van der Waals surface area contributed by atoms with E-state index in [2.05, 4.69) is 13.8 Å². The van der Waals surface area contributed by atoms with Crippen molar-refractivity contribution in [3.8, 4) is 0 Å². The standard InChI is InChI=1S/C13H27NO/c1-11(2)4-3-7-13(9-14,10-15)8-12-5-6-12/h11-12,15H,3-10,14H2,1-2H3. The van der Waals surface area contributed by atoms with Crippen LogP contribution in [0, 0.1) is 17.3 Å². The van der Waals surface area contributed by atoms with Crippen molar-refractivity contribution < 1.29 is 5.11 Å². The van der Waals surface area contributed by atoms with E-state index >= 15 is 0 Å². The lowest BCUT2D eigenvalue weighted by Crippen LogP contribution is -2.35. The molecule has 1 rings (SSSR count). The second-order valence-corrected chi connectivity index (χ2v) is 5.80. The molecule has 1 fully saturated rings. The molecule has 0 spiro atoms. The molecule has 0 aliphatic heterocycles. The summed E-state index contributed by atoms with van der Waals surface area (Å²) >= 11 is 0. The average Bonchev–Trinajstić information content (AvgIpc) is 2.99. The molecule has 1 aliphatic carbocycles. The average molecular weight is 213 g/mol. The van der Waals surface area contributed by atoms with Gasteiger partial charge >= 0.3 is 0 Å². The van der Waals surface area contributed by atoms with Crippen LogP contribution in [0.1, 0.15) is 52.4 Å². The van der Waals surface area contributed by atoms with Crippen molar-refractivity contribution in [3.05, 3.63) is 0 Å². The highest BCUT2D eigenvalue weighted by Gasteiger charge is 2.35. The third kappa shape index (κ3) is 4.52. The zero-order chi connectivity index (χ0) is 11.3. The van der Waals surface area contributed by atoms with Gasteiger partial charge in [0.25, 0.3) is 0 Å². The topological polar surface area (TPSA) is 46.2 Å². The number of nitrogens with two attached hydrogens (primary N) is 1. The molecule has 0 aromatic carbocycles. The summed E-state index contributed by atoms with van der Waals surface area (Å²) in [6.45, 7) is 5.43. The quantitative estimate of drug-likeness (QED) is 0.651. The van der Waals surface area contributed by atoms with Crippen molar-refractivity contribution in [1.29, 1.82) is 0 Å². The van der Waals surface area contributed by atoms with E-state index in [1.54, 1.807) is 0 Å². The predicted octanol–water partition coefficient (Wildman–Crippen LogP) is 2.55. The van der Waals surface area contributed by atoms with Gasteiger partial charge in [-0.1, -0.05) is 39.5 Å². The molecular weight excluding hydrogens is 186 g/mol. The summed E-state index contributed by atoms with van der Waals surface area (Å²) in [7, 11) is 0. The van der Waals surface area contributed by atoms with E-state index in [0.29, 0.717) is 6.54 Å². The summed E-state index contributed by atoms with van der Waals surface area (Å²) in [4.78, 5) is 0. The highest BCUT2D eigenvalue weighted by atomic mass is 16.3. The molecule has 0 radical (unpaired) electrons. The van der Waals surface area contributed by atoms with Crippen molar-refractivity contribution in [2.45, 2.75) is 52.4 Å². The van der Waals surface area contributed by atoms with Crippen LogP contribution in [0.5, 0.6) is 0 Å². The van der Waals surface area contributed by atoms with E-state index in [9.17, 15) is 5.11 Å². The number of hydrogen-bond acceptors (Lipinski definition) is 2. The monoisotopic (exact) mass is 213 g/mol. The van der Waals surface area contributed by atoms with E-state index in [1.807, 2.05) is 0 Å². The summed E-state index contributed by atoms with van der Waals surface area (Å²) in [5.41, 5.74) is 5.89. The zero-order valence-corrected chi connectivity index (χ0v) is 10.3. The van der Waals surface area contributed by atoms with E-state index < -0.39 is 0 Å². The van der Waals surface area contributed by atoms with Crippen LogP contribution in [0.2, 0.25) is 0 Å². The van der Waals surface area contributed by atoms with E-state index in [-0.39, 0.29) is 12.0 Å². The molecule has 90 valence electrons. The Balaban J connectivity index is 2.32. The summed E-state index contributed by atoms with van der Waals surface area (Å²) in [5.74, 6) is 1.62. The van der Waals surface area contributed by atoms with Gasteiger partial charge in [0.05, 0.1) is 0 Å². The Morgan fingerprint density at radius 1 is 1.40 bits per heavy atom. The summed E-state index contributed by atoms with van der Waals surface area (Å²) in [6.07, 6.45) is 7.43. The molecule has 1 unspecified atom stereocenters. The summed E-state index contributed by atoms with van der Waals surface area (Å²) in [6, 6.07) is 0. The first kappa shape index (κ1) is 13.0. The maximum Gasteiger partial charge on any atom is 0.0499 e. The maximum absolute atomic E-state index is 9.54.